The summed E-state index contributed by atoms with van der Waals surface area (Å²) in [5.41, 5.74) is 18.2. The first-order chi connectivity index (χ1) is 30.3. The van der Waals surface area contributed by atoms with E-state index in [-0.39, 0.29) is 10.8 Å². The first-order valence-corrected chi connectivity index (χ1v) is 21.8. The molecule has 0 unspecified atom stereocenters. The minimum Gasteiger partial charge on any atom is -0.456 e. The summed E-state index contributed by atoms with van der Waals surface area (Å²) in [6, 6.07) is 69.9. The van der Waals surface area contributed by atoms with Crippen molar-refractivity contribution in [3.63, 3.8) is 0 Å². The van der Waals surface area contributed by atoms with Gasteiger partial charge in [0.25, 0.3) is 0 Å². The SMILES string of the molecule is CC1(C)c2ccccc2-c2ccc(N(c3cccc(-c4cccc5c6ccc7oc8ccccc8c7c6c6ccccc6c45)c3)c3cccc4c3C(C)(C)c3ccccc3-4)cc21. The first-order valence-electron chi connectivity index (χ1n) is 21.8. The molecule has 2 heteroatoms. The van der Waals surface area contributed by atoms with Crippen molar-refractivity contribution in [3.05, 3.63) is 210 Å². The predicted octanol–water partition coefficient (Wildman–Crippen LogP) is 16.8. The van der Waals surface area contributed by atoms with Crippen molar-refractivity contribution in [1.29, 1.82) is 0 Å². The fourth-order valence-corrected chi connectivity index (χ4v) is 11.6. The highest BCUT2D eigenvalue weighted by Crippen LogP contribution is 2.56. The van der Waals surface area contributed by atoms with E-state index >= 15 is 0 Å². The Hall–Kier alpha value is -7.42. The number of nitrogens with zero attached hydrogens (tertiary/aromatic N) is 1. The molecule has 2 aliphatic rings. The average Bonchev–Trinajstić information content (AvgIpc) is 3.89. The predicted molar refractivity (Wildman–Crippen MR) is 261 cm³/mol. The molecular formula is C60H43NO. The van der Waals surface area contributed by atoms with Crippen molar-refractivity contribution in [2.75, 3.05) is 4.90 Å². The third-order valence-corrected chi connectivity index (χ3v) is 14.4. The lowest BCUT2D eigenvalue weighted by Gasteiger charge is -2.33. The molecular weight excluding hydrogens is 751 g/mol. The molecule has 1 aromatic heterocycles. The molecule has 0 atom stereocenters. The largest absolute Gasteiger partial charge is 0.456 e. The highest BCUT2D eigenvalue weighted by atomic mass is 16.3. The second-order valence-electron chi connectivity index (χ2n) is 18.4. The van der Waals surface area contributed by atoms with Gasteiger partial charge in [0, 0.05) is 38.4 Å². The highest BCUT2D eigenvalue weighted by molar-refractivity contribution is 6.36. The number of hydrogen-bond acceptors (Lipinski definition) is 2. The lowest BCUT2D eigenvalue weighted by atomic mass is 9.81. The summed E-state index contributed by atoms with van der Waals surface area (Å²) >= 11 is 0. The van der Waals surface area contributed by atoms with Crippen LogP contribution in [0.1, 0.15) is 49.9 Å². The van der Waals surface area contributed by atoms with Crippen molar-refractivity contribution in [3.8, 4) is 33.4 Å². The van der Waals surface area contributed by atoms with Gasteiger partial charge in [0.2, 0.25) is 0 Å². The molecule has 2 aliphatic carbocycles. The minimum atomic E-state index is -0.202. The topological polar surface area (TPSA) is 16.4 Å². The highest BCUT2D eigenvalue weighted by Gasteiger charge is 2.40. The van der Waals surface area contributed by atoms with Crippen LogP contribution in [0.15, 0.2) is 192 Å². The normalized spacial score (nSPS) is 14.4. The van der Waals surface area contributed by atoms with Gasteiger partial charge in [-0.25, -0.2) is 0 Å². The molecule has 1 heterocycles. The number of anilines is 3. The quantitative estimate of drug-likeness (QED) is 0.165. The zero-order valence-corrected chi connectivity index (χ0v) is 35.3. The number of benzene rings is 10. The van der Waals surface area contributed by atoms with E-state index in [4.69, 9.17) is 4.42 Å². The van der Waals surface area contributed by atoms with Crippen LogP contribution in [-0.4, -0.2) is 0 Å². The van der Waals surface area contributed by atoms with Crippen LogP contribution >= 0.6 is 0 Å². The summed E-state index contributed by atoms with van der Waals surface area (Å²) in [5.74, 6) is 0. The average molecular weight is 794 g/mol. The Morgan fingerprint density at radius 1 is 0.355 bits per heavy atom. The molecule has 0 fully saturated rings. The summed E-state index contributed by atoms with van der Waals surface area (Å²) < 4.78 is 6.43. The zero-order chi connectivity index (χ0) is 41.5. The summed E-state index contributed by atoms with van der Waals surface area (Å²) in [7, 11) is 0. The Balaban J connectivity index is 1.06. The number of fused-ring (bicyclic) bond motifs is 16. The van der Waals surface area contributed by atoms with Gasteiger partial charge in [-0.3, -0.25) is 0 Å². The summed E-state index contributed by atoms with van der Waals surface area (Å²) in [4.78, 5) is 2.54. The van der Waals surface area contributed by atoms with Crippen LogP contribution in [0, 0.1) is 0 Å². The summed E-state index contributed by atoms with van der Waals surface area (Å²) in [6.45, 7) is 9.54. The van der Waals surface area contributed by atoms with Crippen LogP contribution in [0.4, 0.5) is 17.1 Å². The summed E-state index contributed by atoms with van der Waals surface area (Å²) in [6.07, 6.45) is 0. The number of hydrogen-bond donors (Lipinski definition) is 0. The van der Waals surface area contributed by atoms with E-state index < -0.39 is 0 Å². The Bertz CT molecular complexity index is 3680. The van der Waals surface area contributed by atoms with Gasteiger partial charge >= 0.3 is 0 Å². The van der Waals surface area contributed by atoms with Crippen LogP contribution in [0.2, 0.25) is 0 Å². The first kappa shape index (κ1) is 35.3. The third kappa shape index (κ3) is 4.70. The van der Waals surface area contributed by atoms with Gasteiger partial charge in [0.05, 0.1) is 5.69 Å². The molecule has 0 saturated heterocycles. The molecule has 11 aromatic rings. The fraction of sp³-hybridized carbons (Fsp3) is 0.100. The minimum absolute atomic E-state index is 0.134. The van der Waals surface area contributed by atoms with Gasteiger partial charge in [0.15, 0.2) is 0 Å². The Labute approximate surface area is 361 Å². The maximum Gasteiger partial charge on any atom is 0.136 e. The smallest absolute Gasteiger partial charge is 0.136 e. The molecule has 10 aromatic carbocycles. The lowest BCUT2D eigenvalue weighted by molar-refractivity contribution is 0.658. The van der Waals surface area contributed by atoms with Crippen LogP contribution in [0.5, 0.6) is 0 Å². The Kier molecular flexibility index (Phi) is 7.16. The fourth-order valence-electron chi connectivity index (χ4n) is 11.6. The van der Waals surface area contributed by atoms with Crippen LogP contribution < -0.4 is 4.90 Å². The number of furan rings is 1. The third-order valence-electron chi connectivity index (χ3n) is 14.4. The number of para-hydroxylation sites is 1. The van der Waals surface area contributed by atoms with Crippen molar-refractivity contribution < 1.29 is 4.42 Å². The van der Waals surface area contributed by atoms with Gasteiger partial charge in [-0.2, -0.15) is 0 Å². The summed E-state index contributed by atoms with van der Waals surface area (Å²) in [5, 5.41) is 9.80. The molecule has 2 nitrogen and oxygen atoms in total. The molecule has 0 bridgehead atoms. The van der Waals surface area contributed by atoms with E-state index in [2.05, 4.69) is 221 Å². The molecule has 62 heavy (non-hydrogen) atoms. The van der Waals surface area contributed by atoms with Gasteiger partial charge < -0.3 is 9.32 Å². The monoisotopic (exact) mass is 793 g/mol. The van der Waals surface area contributed by atoms with Crippen LogP contribution in [-0.2, 0) is 10.8 Å². The van der Waals surface area contributed by atoms with Crippen molar-refractivity contribution in [1.82, 2.24) is 0 Å². The van der Waals surface area contributed by atoms with Crippen LogP contribution in [0.3, 0.4) is 0 Å². The second kappa shape index (κ2) is 12.6. The molecule has 0 spiro atoms. The molecule has 0 saturated carbocycles. The van der Waals surface area contributed by atoms with Crippen molar-refractivity contribution in [2.45, 2.75) is 38.5 Å². The van der Waals surface area contributed by atoms with Gasteiger partial charge in [0.1, 0.15) is 11.2 Å². The van der Waals surface area contributed by atoms with Gasteiger partial charge in [-0.1, -0.05) is 167 Å². The van der Waals surface area contributed by atoms with Gasteiger partial charge in [-0.05, 0) is 131 Å². The molecule has 0 amide bonds. The van der Waals surface area contributed by atoms with E-state index in [1.54, 1.807) is 0 Å². The molecule has 0 aliphatic heterocycles. The molecule has 0 radical (unpaired) electrons. The van der Waals surface area contributed by atoms with Crippen LogP contribution in [0.25, 0.3) is 87.6 Å². The maximum absolute atomic E-state index is 6.43. The Morgan fingerprint density at radius 3 is 1.73 bits per heavy atom. The van der Waals surface area contributed by atoms with E-state index in [1.165, 1.54) is 99.0 Å². The molecule has 0 N–H and O–H groups in total. The Morgan fingerprint density at radius 2 is 0.919 bits per heavy atom. The second-order valence-corrected chi connectivity index (χ2v) is 18.4. The van der Waals surface area contributed by atoms with E-state index in [0.717, 1.165) is 27.9 Å². The standard InChI is InChI=1S/C60H43NO/c1-59(2)49-26-10-7-18-40(49)42-31-30-38(35-51(42)59)61(52-28-15-25-47-41-19-8-11-27-50(41)60(3,4)58(47)52)37-17-13-16-36(34-37)39-23-14-24-44-46-32-33-54-57(48-22-9-12-29-53(48)62-54)56(46)45-21-6-5-20-43(45)55(39)44/h5-35H,1-4H3. The zero-order valence-electron chi connectivity index (χ0n) is 35.3. The lowest BCUT2D eigenvalue weighted by Crippen LogP contribution is -2.21. The molecule has 294 valence electrons. The number of rotatable bonds is 4. The van der Waals surface area contributed by atoms with Crippen molar-refractivity contribution in [2.24, 2.45) is 0 Å². The van der Waals surface area contributed by atoms with E-state index in [0.29, 0.717) is 0 Å². The van der Waals surface area contributed by atoms with E-state index in [1.807, 2.05) is 0 Å². The van der Waals surface area contributed by atoms with Gasteiger partial charge in [-0.15, -0.1) is 0 Å². The van der Waals surface area contributed by atoms with Crippen molar-refractivity contribution >= 4 is 71.3 Å². The molecule has 13 rings (SSSR count). The van der Waals surface area contributed by atoms with E-state index in [9.17, 15) is 0 Å². The maximum atomic E-state index is 6.43.